The molecule has 0 saturated carbocycles. The average molecular weight is 513 g/mol. The molecule has 3 N–H and O–H groups in total. The molecule has 6 rings (SSSR count). The summed E-state index contributed by atoms with van der Waals surface area (Å²) in [7, 11) is 0. The van der Waals surface area contributed by atoms with E-state index < -0.39 is 23.1 Å². The number of nitrogens with one attached hydrogen (secondary N) is 1. The molecule has 1 saturated heterocycles. The smallest absolute Gasteiger partial charge is 0.249 e. The minimum atomic E-state index is -0.902. The summed E-state index contributed by atoms with van der Waals surface area (Å²) in [5.74, 6) is -2.44. The fourth-order valence-electron chi connectivity index (χ4n) is 5.61. The van der Waals surface area contributed by atoms with E-state index in [1.54, 1.807) is 0 Å². The van der Waals surface area contributed by atoms with Gasteiger partial charge in [0.2, 0.25) is 5.91 Å². The van der Waals surface area contributed by atoms with Crippen LogP contribution < -0.4 is 25.3 Å². The van der Waals surface area contributed by atoms with Gasteiger partial charge < -0.3 is 25.3 Å². The highest BCUT2D eigenvalue weighted by molar-refractivity contribution is 6.34. The Morgan fingerprint density at radius 2 is 1.86 bits per heavy atom. The Bertz CT molecular complexity index is 1380. The minimum absolute atomic E-state index is 0.0331. The second-order valence-electron chi connectivity index (χ2n) is 9.21. The maximum atomic E-state index is 16.0. The molecule has 2 atom stereocenters. The first kappa shape index (κ1) is 23.1. The van der Waals surface area contributed by atoms with Crippen LogP contribution in [0, 0.1) is 11.6 Å². The second kappa shape index (κ2) is 8.64. The van der Waals surface area contributed by atoms with Crippen LogP contribution in [0.4, 0.5) is 8.78 Å². The zero-order valence-corrected chi connectivity index (χ0v) is 20.0. The first-order chi connectivity index (χ1) is 17.4. The fraction of sp³-hybridized carbons (Fsp3) is 0.296. The lowest BCUT2D eigenvalue weighted by atomic mass is 9.80. The van der Waals surface area contributed by atoms with Crippen LogP contribution in [0.15, 0.2) is 42.5 Å². The van der Waals surface area contributed by atoms with E-state index in [1.807, 2.05) is 30.3 Å². The van der Waals surface area contributed by atoms with Crippen molar-refractivity contribution in [3.8, 4) is 28.4 Å². The molecule has 0 spiro atoms. The van der Waals surface area contributed by atoms with Crippen molar-refractivity contribution in [2.45, 2.75) is 30.9 Å². The maximum absolute atomic E-state index is 16.0. The van der Waals surface area contributed by atoms with Crippen molar-refractivity contribution < 1.29 is 27.8 Å². The number of ether oxygens (including phenoxy) is 3. The molecule has 3 aliphatic rings. The molecule has 186 valence electrons. The quantitative estimate of drug-likeness (QED) is 0.528. The molecule has 9 heteroatoms. The number of carbonyl (C=O) groups excluding carboxylic acids is 1. The van der Waals surface area contributed by atoms with Gasteiger partial charge in [-0.3, -0.25) is 4.79 Å². The van der Waals surface area contributed by atoms with Crippen LogP contribution in [-0.4, -0.2) is 31.7 Å². The summed E-state index contributed by atoms with van der Waals surface area (Å²) < 4.78 is 48.8. The highest BCUT2D eigenvalue weighted by atomic mass is 35.5. The van der Waals surface area contributed by atoms with E-state index in [9.17, 15) is 4.79 Å². The highest BCUT2D eigenvalue weighted by Crippen LogP contribution is 2.53. The van der Waals surface area contributed by atoms with Gasteiger partial charge >= 0.3 is 0 Å². The summed E-state index contributed by atoms with van der Waals surface area (Å²) >= 11 is 6.51. The number of primary amides is 1. The fourth-order valence-corrected chi connectivity index (χ4v) is 5.87. The summed E-state index contributed by atoms with van der Waals surface area (Å²) in [6, 6.07) is 12.1. The molecule has 0 aliphatic carbocycles. The van der Waals surface area contributed by atoms with Crippen LogP contribution in [0.1, 0.15) is 34.3 Å². The predicted molar refractivity (Wildman–Crippen MR) is 130 cm³/mol. The molecule has 6 nitrogen and oxygen atoms in total. The van der Waals surface area contributed by atoms with Crippen LogP contribution in [0.2, 0.25) is 5.02 Å². The highest BCUT2D eigenvalue weighted by Gasteiger charge is 2.50. The van der Waals surface area contributed by atoms with E-state index in [1.165, 1.54) is 12.1 Å². The van der Waals surface area contributed by atoms with Gasteiger partial charge in [0.15, 0.2) is 22.9 Å². The Labute approximate surface area is 211 Å². The predicted octanol–water partition coefficient (Wildman–Crippen LogP) is 4.74. The van der Waals surface area contributed by atoms with Gasteiger partial charge in [0.1, 0.15) is 24.8 Å². The molecule has 1 amide bonds. The molecular formula is C27H23ClF2N2O4. The number of amides is 1. The largest absolute Gasteiger partial charge is 0.486 e. The van der Waals surface area contributed by atoms with Crippen LogP contribution in [0.25, 0.3) is 11.1 Å². The van der Waals surface area contributed by atoms with Crippen LogP contribution in [0.5, 0.6) is 17.2 Å². The van der Waals surface area contributed by atoms with Crippen molar-refractivity contribution in [2.24, 2.45) is 5.73 Å². The lowest BCUT2D eigenvalue weighted by Crippen LogP contribution is -2.48. The van der Waals surface area contributed by atoms with E-state index in [0.29, 0.717) is 5.56 Å². The van der Waals surface area contributed by atoms with Gasteiger partial charge in [-0.05, 0) is 31.0 Å². The third kappa shape index (κ3) is 3.43. The summed E-state index contributed by atoms with van der Waals surface area (Å²) in [5, 5.41) is 3.19. The van der Waals surface area contributed by atoms with Gasteiger partial charge in [0.05, 0.1) is 16.6 Å². The molecule has 0 radical (unpaired) electrons. The van der Waals surface area contributed by atoms with E-state index in [2.05, 4.69) is 5.32 Å². The van der Waals surface area contributed by atoms with Crippen LogP contribution >= 0.6 is 11.6 Å². The number of nitrogens with two attached hydrogens (primary N) is 1. The topological polar surface area (TPSA) is 82.8 Å². The van der Waals surface area contributed by atoms with Crippen molar-refractivity contribution in [3.05, 3.63) is 75.8 Å². The van der Waals surface area contributed by atoms with Gasteiger partial charge in [-0.1, -0.05) is 41.9 Å². The van der Waals surface area contributed by atoms with E-state index in [-0.39, 0.29) is 64.6 Å². The number of benzene rings is 3. The van der Waals surface area contributed by atoms with E-state index in [4.69, 9.17) is 31.5 Å². The van der Waals surface area contributed by atoms with Crippen molar-refractivity contribution in [3.63, 3.8) is 0 Å². The van der Waals surface area contributed by atoms with Crippen LogP contribution in [-0.2, 0) is 12.0 Å². The molecule has 3 aromatic rings. The SMILES string of the molecule is NC(=O)c1cc2c(c(F)c1-c1c(Cl)c(F)cc3c1CC(c1ccccc1)([C@@H]1CCCN1)O3)OCCO2. The second-order valence-corrected chi connectivity index (χ2v) is 9.59. The van der Waals surface area contributed by atoms with Crippen molar-refractivity contribution in [2.75, 3.05) is 19.8 Å². The van der Waals surface area contributed by atoms with E-state index >= 15 is 8.78 Å². The van der Waals surface area contributed by atoms with Gasteiger partial charge in [-0.2, -0.15) is 0 Å². The van der Waals surface area contributed by atoms with Gasteiger partial charge in [-0.25, -0.2) is 8.78 Å². The van der Waals surface area contributed by atoms with Crippen molar-refractivity contribution >= 4 is 17.5 Å². The summed E-state index contributed by atoms with van der Waals surface area (Å²) in [6.45, 7) is 1.15. The first-order valence-electron chi connectivity index (χ1n) is 11.8. The molecule has 36 heavy (non-hydrogen) atoms. The Morgan fingerprint density at radius 3 is 2.58 bits per heavy atom. The van der Waals surface area contributed by atoms with E-state index in [0.717, 1.165) is 24.9 Å². The molecule has 3 heterocycles. The Hall–Kier alpha value is -3.36. The summed E-state index contributed by atoms with van der Waals surface area (Å²) in [5.41, 5.74) is 5.81. The molecular weight excluding hydrogens is 490 g/mol. The minimum Gasteiger partial charge on any atom is -0.486 e. The Kier molecular flexibility index (Phi) is 5.53. The lowest BCUT2D eigenvalue weighted by molar-refractivity contribution is 0.0539. The number of hydrogen-bond donors (Lipinski definition) is 2. The first-order valence-corrected chi connectivity index (χ1v) is 12.2. The Balaban J connectivity index is 1.60. The zero-order valence-electron chi connectivity index (χ0n) is 19.2. The maximum Gasteiger partial charge on any atom is 0.249 e. The normalized spacial score (nSPS) is 22.2. The summed E-state index contributed by atoms with van der Waals surface area (Å²) in [4.78, 5) is 12.5. The van der Waals surface area contributed by atoms with Gasteiger partial charge in [0.25, 0.3) is 0 Å². The number of halogens is 3. The molecule has 1 fully saturated rings. The van der Waals surface area contributed by atoms with Crippen molar-refractivity contribution in [1.29, 1.82) is 0 Å². The van der Waals surface area contributed by atoms with Gasteiger partial charge in [-0.15, -0.1) is 0 Å². The van der Waals surface area contributed by atoms with Crippen molar-refractivity contribution in [1.82, 2.24) is 5.32 Å². The van der Waals surface area contributed by atoms with Gasteiger partial charge in [0, 0.05) is 29.2 Å². The molecule has 1 unspecified atom stereocenters. The molecule has 3 aliphatic heterocycles. The monoisotopic (exact) mass is 512 g/mol. The number of hydrogen-bond acceptors (Lipinski definition) is 5. The van der Waals surface area contributed by atoms with Crippen LogP contribution in [0.3, 0.4) is 0 Å². The zero-order chi connectivity index (χ0) is 25.0. The molecule has 0 aromatic heterocycles. The number of rotatable bonds is 4. The Morgan fingerprint density at radius 1 is 1.08 bits per heavy atom. The number of fused-ring (bicyclic) bond motifs is 2. The third-order valence-electron chi connectivity index (χ3n) is 7.19. The number of carbonyl (C=O) groups is 1. The standard InChI is InChI=1S/C27H23ClF2N2O4/c28-23-17(29)12-18-16(13-27(36-18,20-7-4-8-32-20)14-5-2-1-3-6-14)21(23)22-15(26(31)33)11-19-25(24(22)30)35-10-9-34-19/h1-3,5-6,11-12,20,32H,4,7-10,13H2,(H2,31,33)/t20-,27?/m0/s1. The lowest BCUT2D eigenvalue weighted by Gasteiger charge is -2.35. The molecule has 0 bridgehead atoms. The summed E-state index contributed by atoms with van der Waals surface area (Å²) in [6.07, 6.45) is 2.09. The molecule has 3 aromatic carbocycles. The third-order valence-corrected chi connectivity index (χ3v) is 7.56. The average Bonchev–Trinajstić information content (AvgIpc) is 3.55.